The highest BCUT2D eigenvalue weighted by Gasteiger charge is 2.29. The Kier molecular flexibility index (Phi) is 10.5. The van der Waals surface area contributed by atoms with E-state index in [1.54, 1.807) is 32.9 Å². The van der Waals surface area contributed by atoms with E-state index < -0.39 is 39.9 Å². The highest BCUT2D eigenvalue weighted by Crippen LogP contribution is 2.13. The Bertz CT molecular complexity index is 912. The van der Waals surface area contributed by atoms with Gasteiger partial charge in [0, 0.05) is 18.9 Å². The standard InChI is InChI=1S/C22H33N3O6S/c1-7-16(5)20(22(28)31-6)24-18(26)12-13-23-21(27)19(14(2)3)25-32(29,30)17-10-8-15(4)9-11-17/h7-11,14,16,19-20,25H,1,12-13H2,2-6H3,(H,23,27)(H,24,26)/t16-,19-,20+/m0/s1. The van der Waals surface area contributed by atoms with Gasteiger partial charge in [0.25, 0.3) is 0 Å². The quantitative estimate of drug-likeness (QED) is 0.314. The number of rotatable bonds is 12. The smallest absolute Gasteiger partial charge is 0.328 e. The van der Waals surface area contributed by atoms with Crippen LogP contribution in [0, 0.1) is 18.8 Å². The lowest BCUT2D eigenvalue weighted by atomic mass is 10.0. The van der Waals surface area contributed by atoms with Crippen LogP contribution in [0.3, 0.4) is 0 Å². The van der Waals surface area contributed by atoms with Gasteiger partial charge in [-0.15, -0.1) is 6.58 Å². The molecule has 178 valence electrons. The van der Waals surface area contributed by atoms with E-state index >= 15 is 0 Å². The van der Waals surface area contributed by atoms with Crippen LogP contribution in [-0.2, 0) is 29.1 Å². The minimum absolute atomic E-state index is 0.0312. The molecule has 0 radical (unpaired) electrons. The molecule has 9 nitrogen and oxygen atoms in total. The fraction of sp³-hybridized carbons (Fsp3) is 0.500. The van der Waals surface area contributed by atoms with Crippen molar-refractivity contribution in [3.63, 3.8) is 0 Å². The number of methoxy groups -OCH3 is 1. The van der Waals surface area contributed by atoms with Crippen LogP contribution in [0.25, 0.3) is 0 Å². The molecule has 1 aromatic rings. The van der Waals surface area contributed by atoms with Crippen LogP contribution in [0.15, 0.2) is 41.8 Å². The molecule has 0 aromatic heterocycles. The summed E-state index contributed by atoms with van der Waals surface area (Å²) in [6.45, 7) is 10.6. The van der Waals surface area contributed by atoms with Crippen molar-refractivity contribution < 1.29 is 27.5 Å². The van der Waals surface area contributed by atoms with Gasteiger partial charge >= 0.3 is 5.97 Å². The van der Waals surface area contributed by atoms with E-state index in [-0.39, 0.29) is 29.7 Å². The van der Waals surface area contributed by atoms with Crippen LogP contribution >= 0.6 is 0 Å². The summed E-state index contributed by atoms with van der Waals surface area (Å²) in [4.78, 5) is 36.7. The molecule has 0 bridgehead atoms. The molecule has 2 amide bonds. The number of hydrogen-bond donors (Lipinski definition) is 3. The number of carbonyl (C=O) groups is 3. The van der Waals surface area contributed by atoms with Gasteiger partial charge in [-0.1, -0.05) is 44.5 Å². The molecule has 3 atom stereocenters. The van der Waals surface area contributed by atoms with Crippen LogP contribution < -0.4 is 15.4 Å². The van der Waals surface area contributed by atoms with E-state index in [4.69, 9.17) is 0 Å². The Morgan fingerprint density at radius 1 is 1.09 bits per heavy atom. The molecule has 0 aliphatic rings. The second-order valence-electron chi connectivity index (χ2n) is 7.86. The highest BCUT2D eigenvalue weighted by molar-refractivity contribution is 7.89. The molecule has 0 heterocycles. The van der Waals surface area contributed by atoms with E-state index in [0.717, 1.165) is 5.56 Å². The zero-order valence-corrected chi connectivity index (χ0v) is 20.0. The number of ether oxygens (including phenoxy) is 1. The van der Waals surface area contributed by atoms with E-state index in [1.807, 2.05) is 6.92 Å². The molecule has 0 spiro atoms. The van der Waals surface area contributed by atoms with Crippen molar-refractivity contribution in [3.05, 3.63) is 42.5 Å². The number of sulfonamides is 1. The highest BCUT2D eigenvalue weighted by atomic mass is 32.2. The second-order valence-corrected chi connectivity index (χ2v) is 9.57. The average molecular weight is 468 g/mol. The maximum atomic E-state index is 12.6. The third kappa shape index (κ3) is 8.08. The predicted molar refractivity (Wildman–Crippen MR) is 121 cm³/mol. The number of amides is 2. The summed E-state index contributed by atoms with van der Waals surface area (Å²) in [6.07, 6.45) is 1.43. The van der Waals surface area contributed by atoms with Crippen molar-refractivity contribution in [1.29, 1.82) is 0 Å². The first-order valence-corrected chi connectivity index (χ1v) is 11.8. The van der Waals surface area contributed by atoms with Gasteiger partial charge in [0.15, 0.2) is 0 Å². The summed E-state index contributed by atoms with van der Waals surface area (Å²) in [7, 11) is -2.68. The third-order valence-electron chi connectivity index (χ3n) is 4.88. The molecule has 0 saturated carbocycles. The van der Waals surface area contributed by atoms with Crippen LogP contribution in [0.2, 0.25) is 0 Å². The first-order chi connectivity index (χ1) is 14.9. The lowest BCUT2D eigenvalue weighted by Gasteiger charge is -2.22. The second kappa shape index (κ2) is 12.4. The fourth-order valence-electron chi connectivity index (χ4n) is 2.77. The maximum Gasteiger partial charge on any atom is 0.328 e. The van der Waals surface area contributed by atoms with Crippen molar-refractivity contribution in [2.75, 3.05) is 13.7 Å². The Hall–Kier alpha value is -2.72. The Balaban J connectivity index is 2.71. The van der Waals surface area contributed by atoms with Crippen molar-refractivity contribution in [2.24, 2.45) is 11.8 Å². The first-order valence-electron chi connectivity index (χ1n) is 10.3. The summed E-state index contributed by atoms with van der Waals surface area (Å²) in [5.41, 5.74) is 0.914. The van der Waals surface area contributed by atoms with Gasteiger partial charge < -0.3 is 15.4 Å². The minimum Gasteiger partial charge on any atom is -0.467 e. The van der Waals surface area contributed by atoms with Crippen molar-refractivity contribution in [3.8, 4) is 0 Å². The summed E-state index contributed by atoms with van der Waals surface area (Å²) >= 11 is 0. The van der Waals surface area contributed by atoms with E-state index in [9.17, 15) is 22.8 Å². The van der Waals surface area contributed by atoms with Crippen molar-refractivity contribution in [1.82, 2.24) is 15.4 Å². The average Bonchev–Trinajstić information content (AvgIpc) is 2.74. The number of carbonyl (C=O) groups excluding carboxylic acids is 3. The molecule has 0 fully saturated rings. The summed E-state index contributed by atoms with van der Waals surface area (Å²) in [5.74, 6) is -2.29. The van der Waals surface area contributed by atoms with Gasteiger partial charge in [-0.3, -0.25) is 9.59 Å². The Labute approximate surface area is 190 Å². The zero-order chi connectivity index (χ0) is 24.5. The number of benzene rings is 1. The van der Waals surface area contributed by atoms with Gasteiger partial charge in [-0.05, 0) is 25.0 Å². The maximum absolute atomic E-state index is 12.6. The summed E-state index contributed by atoms with van der Waals surface area (Å²) in [6, 6.07) is 4.38. The zero-order valence-electron chi connectivity index (χ0n) is 19.2. The van der Waals surface area contributed by atoms with Crippen LogP contribution in [0.4, 0.5) is 0 Å². The van der Waals surface area contributed by atoms with Gasteiger partial charge in [-0.25, -0.2) is 13.2 Å². The molecule has 0 aliphatic carbocycles. The topological polar surface area (TPSA) is 131 Å². The molecule has 10 heteroatoms. The summed E-state index contributed by atoms with van der Waals surface area (Å²) in [5, 5.41) is 5.14. The Morgan fingerprint density at radius 3 is 2.19 bits per heavy atom. The third-order valence-corrected chi connectivity index (χ3v) is 6.34. The molecular formula is C22H33N3O6S. The molecule has 0 aliphatic heterocycles. The predicted octanol–water partition coefficient (Wildman–Crippen LogP) is 1.28. The van der Waals surface area contributed by atoms with E-state index in [0.29, 0.717) is 0 Å². The van der Waals surface area contributed by atoms with E-state index in [2.05, 4.69) is 26.7 Å². The minimum atomic E-state index is -3.90. The fourth-order valence-corrected chi connectivity index (χ4v) is 4.11. The SMILES string of the molecule is C=C[C@H](C)[C@@H](NC(=O)CCNC(=O)[C@@H](NS(=O)(=O)c1ccc(C)cc1)C(C)C)C(=O)OC. The first kappa shape index (κ1) is 27.3. The Morgan fingerprint density at radius 2 is 1.69 bits per heavy atom. The lowest BCUT2D eigenvalue weighted by molar-refractivity contribution is -0.146. The van der Waals surface area contributed by atoms with Gasteiger partial charge in [0.2, 0.25) is 21.8 Å². The van der Waals surface area contributed by atoms with Crippen LogP contribution in [-0.4, -0.2) is 51.9 Å². The normalized spacial score (nSPS) is 14.2. The molecule has 32 heavy (non-hydrogen) atoms. The lowest BCUT2D eigenvalue weighted by Crippen LogP contribution is -2.50. The number of hydrogen-bond acceptors (Lipinski definition) is 6. The molecule has 1 aromatic carbocycles. The molecular weight excluding hydrogens is 434 g/mol. The molecule has 1 rings (SSSR count). The number of nitrogens with one attached hydrogen (secondary N) is 3. The van der Waals surface area contributed by atoms with Crippen molar-refractivity contribution in [2.45, 2.75) is 51.1 Å². The monoisotopic (exact) mass is 467 g/mol. The molecule has 3 N–H and O–H groups in total. The van der Waals surface area contributed by atoms with Crippen LogP contribution in [0.1, 0.15) is 32.8 Å². The van der Waals surface area contributed by atoms with Gasteiger partial charge in [0.1, 0.15) is 12.1 Å². The van der Waals surface area contributed by atoms with Gasteiger partial charge in [0.05, 0.1) is 12.0 Å². The molecule has 0 saturated heterocycles. The van der Waals surface area contributed by atoms with Crippen LogP contribution in [0.5, 0.6) is 0 Å². The summed E-state index contributed by atoms with van der Waals surface area (Å²) < 4.78 is 32.4. The van der Waals surface area contributed by atoms with E-state index in [1.165, 1.54) is 25.3 Å². The van der Waals surface area contributed by atoms with Crippen molar-refractivity contribution >= 4 is 27.8 Å². The molecule has 0 unspecified atom stereocenters. The van der Waals surface area contributed by atoms with Gasteiger partial charge in [-0.2, -0.15) is 4.72 Å². The number of esters is 1. The largest absolute Gasteiger partial charge is 0.467 e. The number of aryl methyl sites for hydroxylation is 1.